The Bertz CT molecular complexity index is 172. The van der Waals surface area contributed by atoms with Gasteiger partial charge in [-0.2, -0.15) is 0 Å². The third-order valence-corrected chi connectivity index (χ3v) is 2.33. The van der Waals surface area contributed by atoms with E-state index in [4.69, 9.17) is 26.5 Å². The van der Waals surface area contributed by atoms with E-state index in [1.807, 2.05) is 0 Å². The predicted molar refractivity (Wildman–Crippen MR) is 48.2 cm³/mol. The van der Waals surface area contributed by atoms with E-state index in [1.54, 1.807) is 0 Å². The molecule has 0 aromatic carbocycles. The summed E-state index contributed by atoms with van der Waals surface area (Å²) >= 11 is 0. The number of hydrogen-bond acceptors (Lipinski definition) is 6. The van der Waals surface area contributed by atoms with Crippen molar-refractivity contribution in [2.75, 3.05) is 19.8 Å². The molecule has 2 unspecified atom stereocenters. The zero-order chi connectivity index (χ0) is 11.1. The summed E-state index contributed by atoms with van der Waals surface area (Å²) in [6, 6.07) is -1.36. The van der Waals surface area contributed by atoms with Crippen molar-refractivity contribution < 1.29 is 23.9 Å². The Morgan fingerprint density at radius 3 is 1.93 bits per heavy atom. The lowest BCUT2D eigenvalue weighted by molar-refractivity contribution is 0.109. The third-order valence-electron chi connectivity index (χ3n) is 1.92. The lowest BCUT2D eigenvalue weighted by Crippen LogP contribution is -2.49. The van der Waals surface area contributed by atoms with E-state index in [-0.39, 0.29) is 19.8 Å². The number of hydrogen-bond donors (Lipinski definition) is 5. The summed E-state index contributed by atoms with van der Waals surface area (Å²) in [6.45, 7) is -0.806. The first-order chi connectivity index (χ1) is 6.52. The van der Waals surface area contributed by atoms with E-state index in [0.717, 1.165) is 0 Å². The van der Waals surface area contributed by atoms with E-state index < -0.39 is 27.2 Å². The molecule has 84 valence electrons. The molecule has 0 rings (SSSR count). The Kier molecular flexibility index (Phi) is 6.58. The van der Waals surface area contributed by atoms with Crippen LogP contribution in [0.4, 0.5) is 0 Å². The average Bonchev–Trinajstić information content (AvgIpc) is 2.16. The van der Waals surface area contributed by atoms with Crippen molar-refractivity contribution in [2.24, 2.45) is 17.4 Å². The molecule has 14 heavy (non-hydrogen) atoms. The minimum Gasteiger partial charge on any atom is -0.511 e. The number of rotatable bonds is 7. The first kappa shape index (κ1) is 13.5. The zero-order valence-corrected chi connectivity index (χ0v) is 8.67. The van der Waals surface area contributed by atoms with Gasteiger partial charge in [-0.25, -0.2) is 0 Å². The maximum Gasteiger partial charge on any atom is 0.764 e. The summed E-state index contributed by atoms with van der Waals surface area (Å²) in [5.41, 5.74) is 11.0. The Morgan fingerprint density at radius 2 is 1.64 bits per heavy atom. The number of nitrogens with two attached hydrogens (primary N) is 2. The summed E-state index contributed by atoms with van der Waals surface area (Å²) in [6.07, 6.45) is 0. The third kappa shape index (κ3) is 4.63. The molecule has 0 amide bonds. The molecule has 0 aromatic heterocycles. The maximum atomic E-state index is 10.3. The molecule has 0 aliphatic rings. The van der Waals surface area contributed by atoms with E-state index in [1.165, 1.54) is 0 Å². The van der Waals surface area contributed by atoms with Crippen LogP contribution in [0.15, 0.2) is 0 Å². The molecule has 0 fully saturated rings. The Labute approximate surface area is 83.2 Å². The van der Waals surface area contributed by atoms with Crippen LogP contribution in [0.5, 0.6) is 0 Å². The lowest BCUT2D eigenvalue weighted by Gasteiger charge is -2.26. The van der Waals surface area contributed by atoms with Crippen LogP contribution >= 0.6 is 0 Å². The molecule has 0 heterocycles. The van der Waals surface area contributed by atoms with Crippen molar-refractivity contribution in [1.29, 1.82) is 0 Å². The van der Waals surface area contributed by atoms with Crippen LogP contribution in [0.1, 0.15) is 0 Å². The van der Waals surface area contributed by atoms with Gasteiger partial charge in [-0.3, -0.25) is 4.46 Å². The van der Waals surface area contributed by atoms with Gasteiger partial charge in [0, 0.05) is 18.0 Å². The summed E-state index contributed by atoms with van der Waals surface area (Å²) < 4.78 is 14.8. The highest BCUT2D eigenvalue weighted by Crippen LogP contribution is 2.06. The van der Waals surface area contributed by atoms with E-state index in [2.05, 4.69) is 4.43 Å². The van der Waals surface area contributed by atoms with Gasteiger partial charge in [-0.05, 0) is 0 Å². The van der Waals surface area contributed by atoms with Gasteiger partial charge in [0.05, 0.1) is 19.8 Å². The van der Waals surface area contributed by atoms with Gasteiger partial charge in [-0.15, -0.1) is 0 Å². The fourth-order valence-electron chi connectivity index (χ4n) is 1.00. The van der Waals surface area contributed by atoms with Crippen LogP contribution in [0.25, 0.3) is 0 Å². The van der Waals surface area contributed by atoms with Crippen LogP contribution < -0.4 is 11.5 Å². The normalized spacial score (nSPS) is 17.1. The monoisotopic (exact) mass is 224 g/mol. The number of aliphatic hydroxyl groups is 2. The molecule has 7 N–H and O–H groups in total. The molecule has 2 atom stereocenters. The first-order valence-corrected chi connectivity index (χ1v) is 5.37. The van der Waals surface area contributed by atoms with Crippen molar-refractivity contribution in [2.45, 2.75) is 12.1 Å². The lowest BCUT2D eigenvalue weighted by atomic mass is 9.94. The van der Waals surface area contributed by atoms with Crippen LogP contribution in [-0.4, -0.2) is 56.1 Å². The highest BCUT2D eigenvalue weighted by atomic mass is 28.3. The molecule has 0 spiro atoms. The Morgan fingerprint density at radius 1 is 1.21 bits per heavy atom. The van der Waals surface area contributed by atoms with E-state index >= 15 is 0 Å². The maximum absolute atomic E-state index is 10.3. The minimum absolute atomic E-state index is 0.155. The van der Waals surface area contributed by atoms with Gasteiger partial charge in [0.2, 0.25) is 0 Å². The molecule has 0 aromatic rings. The van der Waals surface area contributed by atoms with Gasteiger partial charge >= 0.3 is 9.17 Å². The second-order valence-corrected chi connectivity index (χ2v) is 3.75. The van der Waals surface area contributed by atoms with Crippen molar-refractivity contribution in [3.63, 3.8) is 0 Å². The summed E-state index contributed by atoms with van der Waals surface area (Å²) in [5, 5.41) is 17.5. The van der Waals surface area contributed by atoms with Gasteiger partial charge in [-0.1, -0.05) is 0 Å². The Balaban J connectivity index is 4.17. The SMILES string of the molecule is NC(CO)C(CO[Si](=O)O)C(N)CO. The van der Waals surface area contributed by atoms with E-state index in [0.29, 0.717) is 0 Å². The fraction of sp³-hybridized carbons (Fsp3) is 1.00. The van der Waals surface area contributed by atoms with Crippen LogP contribution in [0.2, 0.25) is 0 Å². The summed E-state index contributed by atoms with van der Waals surface area (Å²) in [7, 11) is -3.04. The van der Waals surface area contributed by atoms with Gasteiger partial charge in [0.1, 0.15) is 0 Å². The molecule has 0 saturated carbocycles. The van der Waals surface area contributed by atoms with Crippen molar-refractivity contribution in [1.82, 2.24) is 0 Å². The molecule has 8 heteroatoms. The van der Waals surface area contributed by atoms with Crippen molar-refractivity contribution in [3.8, 4) is 0 Å². The van der Waals surface area contributed by atoms with Crippen LogP contribution in [-0.2, 0) is 8.89 Å². The van der Waals surface area contributed by atoms with Crippen molar-refractivity contribution in [3.05, 3.63) is 0 Å². The van der Waals surface area contributed by atoms with Gasteiger partial charge in [0.15, 0.2) is 0 Å². The molecular formula is C6H16N2O5Si. The molecule has 0 saturated heterocycles. The zero-order valence-electron chi connectivity index (χ0n) is 7.67. The highest BCUT2D eigenvalue weighted by molar-refractivity contribution is 6.24. The van der Waals surface area contributed by atoms with Gasteiger partial charge < -0.3 is 30.9 Å². The topological polar surface area (TPSA) is 139 Å². The quantitative estimate of drug-likeness (QED) is 0.285. The molecule has 7 nitrogen and oxygen atoms in total. The largest absolute Gasteiger partial charge is 0.764 e. The van der Waals surface area contributed by atoms with Crippen LogP contribution in [0, 0.1) is 5.92 Å². The van der Waals surface area contributed by atoms with E-state index in [9.17, 15) is 4.46 Å². The Hall–Kier alpha value is -0.543. The summed E-state index contributed by atoms with van der Waals surface area (Å²) in [4.78, 5) is 8.43. The highest BCUT2D eigenvalue weighted by Gasteiger charge is 2.25. The molecule has 0 aliphatic heterocycles. The second kappa shape index (κ2) is 6.84. The molecule has 0 aliphatic carbocycles. The minimum atomic E-state index is -3.04. The summed E-state index contributed by atoms with van der Waals surface area (Å²) in [5.74, 6) is -0.550. The number of aliphatic hydroxyl groups excluding tert-OH is 2. The molecular weight excluding hydrogens is 208 g/mol. The standard InChI is InChI=1S/C6H16N2O5Si/c7-5(1-9)4(6(8)2-10)3-13-14(11)12/h4-6,9-11H,1-3,7-8H2. The second-order valence-electron chi connectivity index (χ2n) is 2.93. The van der Waals surface area contributed by atoms with Crippen LogP contribution in [0.3, 0.4) is 0 Å². The van der Waals surface area contributed by atoms with Gasteiger partial charge in [0.25, 0.3) is 0 Å². The molecule has 0 bridgehead atoms. The first-order valence-electron chi connectivity index (χ1n) is 4.11. The fourth-order valence-corrected chi connectivity index (χ4v) is 1.34. The van der Waals surface area contributed by atoms with Crippen molar-refractivity contribution >= 4 is 9.17 Å². The predicted octanol–water partition coefficient (Wildman–Crippen LogP) is -3.33. The molecule has 0 radical (unpaired) electrons. The smallest absolute Gasteiger partial charge is 0.511 e. The average molecular weight is 224 g/mol.